The van der Waals surface area contributed by atoms with Gasteiger partial charge in [0.2, 0.25) is 5.91 Å². The minimum atomic E-state index is -1.04. The normalized spacial score (nSPS) is 14.7. The average Bonchev–Trinajstić information content (AvgIpc) is 2.99. The Bertz CT molecular complexity index is 1090. The van der Waals surface area contributed by atoms with Gasteiger partial charge >= 0.3 is 0 Å². The van der Waals surface area contributed by atoms with Crippen LogP contribution in [0, 0.1) is 27.7 Å². The van der Waals surface area contributed by atoms with E-state index in [1.807, 2.05) is 81.1 Å². The van der Waals surface area contributed by atoms with E-state index in [1.54, 1.807) is 0 Å². The minimum Gasteiger partial charge on any atom is -0.507 e. The Labute approximate surface area is 183 Å². The summed E-state index contributed by atoms with van der Waals surface area (Å²) in [5, 5.41) is 20.8. The smallest absolute Gasteiger partial charge is 0.246 e. The van der Waals surface area contributed by atoms with Crippen molar-refractivity contribution in [3.05, 3.63) is 87.5 Å². The van der Waals surface area contributed by atoms with Crippen LogP contribution in [-0.2, 0) is 10.2 Å². The lowest BCUT2D eigenvalue weighted by Gasteiger charge is -2.32. The molecule has 0 spiro atoms. The van der Waals surface area contributed by atoms with Gasteiger partial charge in [0.25, 0.3) is 0 Å². The summed E-state index contributed by atoms with van der Waals surface area (Å²) < 4.78 is 0. The van der Waals surface area contributed by atoms with Crippen molar-refractivity contribution in [2.24, 2.45) is 0 Å². The van der Waals surface area contributed by atoms with E-state index >= 15 is 0 Å². The number of benzene rings is 3. The van der Waals surface area contributed by atoms with E-state index in [-0.39, 0.29) is 17.4 Å². The zero-order chi connectivity index (χ0) is 22.5. The Kier molecular flexibility index (Phi) is 5.04. The Hall–Kier alpha value is -3.27. The molecule has 0 bridgehead atoms. The van der Waals surface area contributed by atoms with Gasteiger partial charge in [-0.2, -0.15) is 0 Å². The molecular weight excluding hydrogens is 386 g/mol. The highest BCUT2D eigenvalue weighted by Gasteiger charge is 2.53. The first-order valence-electron chi connectivity index (χ1n) is 10.8. The maximum absolute atomic E-state index is 14.3. The van der Waals surface area contributed by atoms with Crippen LogP contribution in [-0.4, -0.2) is 22.7 Å². The van der Waals surface area contributed by atoms with E-state index in [2.05, 4.69) is 6.92 Å². The second-order valence-electron chi connectivity index (χ2n) is 8.64. The van der Waals surface area contributed by atoms with Gasteiger partial charge in [0.1, 0.15) is 16.9 Å². The van der Waals surface area contributed by atoms with Gasteiger partial charge in [-0.1, -0.05) is 49.4 Å². The highest BCUT2D eigenvalue weighted by Crippen LogP contribution is 2.52. The number of para-hydroxylation sites is 1. The first-order valence-corrected chi connectivity index (χ1v) is 10.8. The van der Waals surface area contributed by atoms with E-state index in [0.717, 1.165) is 51.1 Å². The molecule has 4 rings (SSSR count). The van der Waals surface area contributed by atoms with Crippen LogP contribution in [0.4, 0.5) is 5.69 Å². The number of anilines is 1. The van der Waals surface area contributed by atoms with Crippen LogP contribution < -0.4 is 4.90 Å². The number of aryl methyl sites for hydroxylation is 4. The van der Waals surface area contributed by atoms with Gasteiger partial charge in [0, 0.05) is 17.8 Å². The molecule has 3 aromatic carbocycles. The van der Waals surface area contributed by atoms with Crippen molar-refractivity contribution in [3.8, 4) is 11.5 Å². The number of fused-ring (bicyclic) bond motifs is 1. The second-order valence-corrected chi connectivity index (χ2v) is 8.64. The summed E-state index contributed by atoms with van der Waals surface area (Å²) in [4.78, 5) is 16.2. The topological polar surface area (TPSA) is 60.8 Å². The van der Waals surface area contributed by atoms with Crippen molar-refractivity contribution in [1.29, 1.82) is 0 Å². The number of carbonyl (C=O) groups excluding carboxylic acids is 1. The van der Waals surface area contributed by atoms with Gasteiger partial charge in [0.15, 0.2) is 0 Å². The predicted molar refractivity (Wildman–Crippen MR) is 124 cm³/mol. The summed E-state index contributed by atoms with van der Waals surface area (Å²) in [6, 6.07) is 15.6. The van der Waals surface area contributed by atoms with Gasteiger partial charge < -0.3 is 15.1 Å². The van der Waals surface area contributed by atoms with Crippen LogP contribution >= 0.6 is 0 Å². The number of hydrogen-bond donors (Lipinski definition) is 2. The van der Waals surface area contributed by atoms with E-state index in [1.165, 1.54) is 0 Å². The Morgan fingerprint density at radius 2 is 1.26 bits per heavy atom. The number of carbonyl (C=O) groups is 1. The van der Waals surface area contributed by atoms with Crippen molar-refractivity contribution >= 4 is 11.6 Å². The van der Waals surface area contributed by atoms with Crippen LogP contribution in [0.5, 0.6) is 11.5 Å². The van der Waals surface area contributed by atoms with E-state index in [0.29, 0.717) is 6.54 Å². The van der Waals surface area contributed by atoms with Crippen LogP contribution in [0.25, 0.3) is 0 Å². The third-order valence-corrected chi connectivity index (χ3v) is 6.46. The number of phenolic OH excluding ortho intramolecular Hbond substituents is 2. The Morgan fingerprint density at radius 3 is 1.71 bits per heavy atom. The molecule has 1 aliphatic rings. The summed E-state index contributed by atoms with van der Waals surface area (Å²) in [5.74, 6) is 0.506. The lowest BCUT2D eigenvalue weighted by Crippen LogP contribution is -2.42. The molecule has 0 atom stereocenters. The molecule has 4 heteroatoms. The Morgan fingerprint density at radius 1 is 0.806 bits per heavy atom. The molecule has 3 aromatic rings. The highest BCUT2D eigenvalue weighted by atomic mass is 16.3. The molecule has 2 N–H and O–H groups in total. The van der Waals surface area contributed by atoms with Gasteiger partial charge in [0.05, 0.1) is 0 Å². The molecule has 0 saturated carbocycles. The van der Waals surface area contributed by atoms with Crippen LogP contribution in [0.15, 0.2) is 48.5 Å². The molecule has 4 nitrogen and oxygen atoms in total. The maximum Gasteiger partial charge on any atom is 0.246 e. The fourth-order valence-electron chi connectivity index (χ4n) is 4.97. The number of amides is 1. The minimum absolute atomic E-state index is 0.00419. The van der Waals surface area contributed by atoms with Crippen LogP contribution in [0.2, 0.25) is 0 Å². The van der Waals surface area contributed by atoms with E-state index < -0.39 is 5.41 Å². The van der Waals surface area contributed by atoms with Crippen molar-refractivity contribution in [2.45, 2.75) is 46.5 Å². The Balaban J connectivity index is 2.15. The molecule has 1 amide bonds. The molecule has 0 unspecified atom stereocenters. The molecule has 0 saturated heterocycles. The molecule has 0 radical (unpaired) electrons. The zero-order valence-corrected chi connectivity index (χ0v) is 18.8. The van der Waals surface area contributed by atoms with E-state index in [9.17, 15) is 15.0 Å². The van der Waals surface area contributed by atoms with Gasteiger partial charge in [-0.05, 0) is 73.6 Å². The molecular formula is C27H29NO3. The van der Waals surface area contributed by atoms with Gasteiger partial charge in [-0.15, -0.1) is 0 Å². The molecule has 160 valence electrons. The molecule has 1 aliphatic heterocycles. The second kappa shape index (κ2) is 7.45. The lowest BCUT2D eigenvalue weighted by atomic mass is 9.69. The summed E-state index contributed by atoms with van der Waals surface area (Å²) in [7, 11) is 0. The molecule has 31 heavy (non-hydrogen) atoms. The quantitative estimate of drug-likeness (QED) is 0.598. The van der Waals surface area contributed by atoms with Crippen LogP contribution in [0.1, 0.15) is 52.3 Å². The summed E-state index contributed by atoms with van der Waals surface area (Å²) in [5.41, 5.74) is 5.42. The SMILES string of the molecule is CCCN1C(=O)C(c2cc(C)c(O)c(C)c2)(c2cc(C)c(O)c(C)c2)c2ccccc21. The molecule has 1 heterocycles. The molecule has 0 aromatic heterocycles. The summed E-state index contributed by atoms with van der Waals surface area (Å²) in [6.07, 6.45) is 0.845. The van der Waals surface area contributed by atoms with Crippen molar-refractivity contribution in [2.75, 3.05) is 11.4 Å². The molecule has 0 aliphatic carbocycles. The standard InChI is InChI=1S/C27H29NO3/c1-6-11-28-23-10-8-7-9-22(23)27(26(28)31,20-12-16(2)24(29)17(3)13-20)21-14-18(4)25(30)19(5)15-21/h7-10,12-15,29-30H,6,11H2,1-5H3. The van der Waals surface area contributed by atoms with Gasteiger partial charge in [-0.25, -0.2) is 0 Å². The number of phenols is 2. The number of nitrogens with zero attached hydrogens (tertiary/aromatic N) is 1. The first kappa shape index (κ1) is 21.0. The number of hydrogen-bond acceptors (Lipinski definition) is 3. The summed E-state index contributed by atoms with van der Waals surface area (Å²) in [6.45, 7) is 10.2. The third-order valence-electron chi connectivity index (χ3n) is 6.46. The zero-order valence-electron chi connectivity index (χ0n) is 18.8. The van der Waals surface area contributed by atoms with Crippen molar-refractivity contribution in [3.63, 3.8) is 0 Å². The van der Waals surface area contributed by atoms with Crippen molar-refractivity contribution in [1.82, 2.24) is 0 Å². The number of rotatable bonds is 4. The first-order chi connectivity index (χ1) is 14.7. The van der Waals surface area contributed by atoms with Crippen LogP contribution in [0.3, 0.4) is 0 Å². The average molecular weight is 416 g/mol. The van der Waals surface area contributed by atoms with Gasteiger partial charge in [-0.3, -0.25) is 4.79 Å². The summed E-state index contributed by atoms with van der Waals surface area (Å²) >= 11 is 0. The maximum atomic E-state index is 14.3. The largest absolute Gasteiger partial charge is 0.507 e. The molecule has 0 fully saturated rings. The lowest BCUT2D eigenvalue weighted by molar-refractivity contribution is -0.120. The van der Waals surface area contributed by atoms with Crippen molar-refractivity contribution < 1.29 is 15.0 Å². The fraction of sp³-hybridized carbons (Fsp3) is 0.296. The number of aromatic hydroxyl groups is 2. The highest BCUT2D eigenvalue weighted by molar-refractivity contribution is 6.13. The third kappa shape index (κ3) is 2.93. The fourth-order valence-corrected chi connectivity index (χ4v) is 4.97. The van der Waals surface area contributed by atoms with E-state index in [4.69, 9.17) is 0 Å². The predicted octanol–water partition coefficient (Wildman–Crippen LogP) is 5.42. The monoisotopic (exact) mass is 415 g/mol.